The molecule has 0 bridgehead atoms. The number of pyridine rings is 1. The highest BCUT2D eigenvalue weighted by Crippen LogP contribution is 2.39. The summed E-state index contributed by atoms with van der Waals surface area (Å²) < 4.78 is 32.8. The second-order valence-electron chi connectivity index (χ2n) is 9.37. The highest BCUT2D eigenvalue weighted by Gasteiger charge is 2.39. The number of aryl methyl sites for hydroxylation is 1. The fourth-order valence-corrected chi connectivity index (χ4v) is 6.34. The van der Waals surface area contributed by atoms with Crippen LogP contribution in [0.25, 0.3) is 11.0 Å². The average molecular weight is 480 g/mol. The van der Waals surface area contributed by atoms with E-state index in [1.807, 2.05) is 0 Å². The summed E-state index contributed by atoms with van der Waals surface area (Å²) in [5.74, 6) is 0.384. The van der Waals surface area contributed by atoms with Crippen LogP contribution in [0.1, 0.15) is 50.6 Å². The van der Waals surface area contributed by atoms with Gasteiger partial charge in [-0.3, -0.25) is 9.36 Å². The molecule has 1 aliphatic carbocycles. The highest BCUT2D eigenvalue weighted by atomic mass is 32.2. The van der Waals surface area contributed by atoms with Crippen molar-refractivity contribution in [3.8, 4) is 0 Å². The van der Waals surface area contributed by atoms with Crippen LogP contribution in [0, 0.1) is 6.92 Å². The number of nitrogens with zero attached hydrogens (tertiary/aromatic N) is 4. The molecule has 2 aromatic heterocycles. The van der Waals surface area contributed by atoms with E-state index < -0.39 is 15.6 Å². The lowest BCUT2D eigenvalue weighted by Gasteiger charge is -2.31. The fraction of sp³-hybridized carbons (Fsp3) is 0.682. The Kier molecular flexibility index (Phi) is 6.77. The minimum absolute atomic E-state index is 0.0166. The van der Waals surface area contributed by atoms with Crippen molar-refractivity contribution in [1.29, 1.82) is 0 Å². The Morgan fingerprint density at radius 2 is 2.03 bits per heavy atom. The number of aliphatic hydroxyl groups is 1. The van der Waals surface area contributed by atoms with E-state index in [1.54, 1.807) is 30.7 Å². The lowest BCUT2D eigenvalue weighted by atomic mass is 9.99. The third-order valence-corrected chi connectivity index (χ3v) is 8.70. The van der Waals surface area contributed by atoms with Crippen LogP contribution in [0.4, 0.5) is 5.95 Å². The number of aromatic nitrogens is 3. The van der Waals surface area contributed by atoms with Crippen molar-refractivity contribution < 1.29 is 18.3 Å². The molecule has 2 fully saturated rings. The molecule has 1 aliphatic heterocycles. The van der Waals surface area contributed by atoms with E-state index in [1.165, 1.54) is 11.4 Å². The predicted octanol–water partition coefficient (Wildman–Crippen LogP) is 1.43. The van der Waals surface area contributed by atoms with Gasteiger partial charge in [0.1, 0.15) is 5.65 Å². The summed E-state index contributed by atoms with van der Waals surface area (Å²) in [5, 5.41) is 14.9. The Morgan fingerprint density at radius 1 is 1.30 bits per heavy atom. The summed E-state index contributed by atoms with van der Waals surface area (Å²) in [4.78, 5) is 22.2. The second kappa shape index (κ2) is 9.28. The maximum absolute atomic E-state index is 13.1. The molecule has 2 aromatic rings. The molecule has 2 N–H and O–H groups in total. The Labute approximate surface area is 194 Å². The van der Waals surface area contributed by atoms with Gasteiger partial charge in [-0.2, -0.15) is 4.98 Å². The van der Waals surface area contributed by atoms with Gasteiger partial charge >= 0.3 is 0 Å². The van der Waals surface area contributed by atoms with Crippen molar-refractivity contribution in [2.24, 2.45) is 0 Å². The van der Waals surface area contributed by atoms with E-state index in [2.05, 4.69) is 15.3 Å². The van der Waals surface area contributed by atoms with Crippen molar-refractivity contribution >= 4 is 27.0 Å². The van der Waals surface area contributed by atoms with Gasteiger partial charge in [0.25, 0.3) is 5.56 Å². The Bertz CT molecular complexity index is 1170. The molecular weight excluding hydrogens is 446 g/mol. The molecule has 2 aliphatic rings. The molecule has 4 rings (SSSR count). The fourth-order valence-electron chi connectivity index (χ4n) is 4.93. The first kappa shape index (κ1) is 24.1. The van der Waals surface area contributed by atoms with Gasteiger partial charge in [-0.15, -0.1) is 0 Å². The number of ether oxygens (including phenoxy) is 1. The van der Waals surface area contributed by atoms with Crippen LogP contribution in [0.2, 0.25) is 0 Å². The molecule has 0 unspecified atom stereocenters. The van der Waals surface area contributed by atoms with Gasteiger partial charge in [0.2, 0.25) is 16.0 Å². The molecule has 33 heavy (non-hydrogen) atoms. The van der Waals surface area contributed by atoms with Crippen molar-refractivity contribution in [1.82, 2.24) is 18.8 Å². The summed E-state index contributed by atoms with van der Waals surface area (Å²) in [6.07, 6.45) is 5.16. The molecular formula is C22H33N5O5S. The summed E-state index contributed by atoms with van der Waals surface area (Å²) in [6.45, 7) is 4.57. The van der Waals surface area contributed by atoms with E-state index in [4.69, 9.17) is 4.74 Å². The number of hydrogen-bond acceptors (Lipinski definition) is 8. The second-order valence-corrected chi connectivity index (χ2v) is 11.5. The molecule has 1 saturated heterocycles. The van der Waals surface area contributed by atoms with E-state index in [0.717, 1.165) is 11.8 Å². The monoisotopic (exact) mass is 479 g/mol. The standard InChI is InChI=1S/C22H33N5O5S/c1-15-13-16-14-23-21(24-17-6-9-26(10-7-17)33(30,31)12-11-32-3)25-19(16)27(20(15)28)18-5-4-8-22(18,2)29/h13-14,17-18,29H,4-12H2,1-3H3,(H,23,24,25)/t18-,22-/m1/s1. The SMILES string of the molecule is COCCS(=O)(=O)N1CCC(Nc2ncc3cc(C)c(=O)n([C@@H]4CCC[C@@]4(C)O)c3n2)CC1. The normalized spacial score (nSPS) is 25.0. The van der Waals surface area contributed by atoms with Gasteiger partial charge < -0.3 is 15.2 Å². The molecule has 0 aromatic carbocycles. The van der Waals surface area contributed by atoms with Crippen LogP contribution >= 0.6 is 0 Å². The van der Waals surface area contributed by atoms with Gasteiger partial charge in [0.15, 0.2) is 0 Å². The minimum atomic E-state index is -3.32. The first-order valence-corrected chi connectivity index (χ1v) is 13.1. The molecule has 0 spiro atoms. The summed E-state index contributed by atoms with van der Waals surface area (Å²) >= 11 is 0. The van der Waals surface area contributed by atoms with Crippen molar-refractivity contribution in [2.45, 2.75) is 63.6 Å². The topological polar surface area (TPSA) is 127 Å². The van der Waals surface area contributed by atoms with Crippen molar-refractivity contribution in [3.05, 3.63) is 28.2 Å². The molecule has 1 saturated carbocycles. The third-order valence-electron chi connectivity index (χ3n) is 6.87. The molecule has 0 amide bonds. The van der Waals surface area contributed by atoms with Crippen molar-refractivity contribution in [2.75, 3.05) is 37.9 Å². The van der Waals surface area contributed by atoms with Gasteiger partial charge in [-0.25, -0.2) is 17.7 Å². The quantitative estimate of drug-likeness (QED) is 0.611. The Hall–Kier alpha value is -2.08. The molecule has 10 nitrogen and oxygen atoms in total. The lowest BCUT2D eigenvalue weighted by molar-refractivity contribution is 0.0266. The zero-order valence-electron chi connectivity index (χ0n) is 19.5. The van der Waals surface area contributed by atoms with E-state index in [0.29, 0.717) is 55.9 Å². The molecule has 182 valence electrons. The van der Waals surface area contributed by atoms with Gasteiger partial charge in [-0.05, 0) is 52.0 Å². The first-order valence-electron chi connectivity index (χ1n) is 11.5. The largest absolute Gasteiger partial charge is 0.388 e. The maximum atomic E-state index is 13.1. The van der Waals surface area contributed by atoms with E-state index >= 15 is 0 Å². The summed E-state index contributed by atoms with van der Waals surface area (Å²) in [6, 6.07) is 1.47. The zero-order chi connectivity index (χ0) is 23.8. The molecule has 3 heterocycles. The van der Waals surface area contributed by atoms with Crippen LogP contribution in [0.3, 0.4) is 0 Å². The van der Waals surface area contributed by atoms with Crippen LogP contribution < -0.4 is 10.9 Å². The molecule has 0 radical (unpaired) electrons. The number of piperidine rings is 1. The number of sulfonamides is 1. The predicted molar refractivity (Wildman–Crippen MR) is 126 cm³/mol. The molecule has 11 heteroatoms. The van der Waals surface area contributed by atoms with Crippen LogP contribution in [-0.2, 0) is 14.8 Å². The van der Waals surface area contributed by atoms with Gasteiger partial charge in [0.05, 0.1) is 24.0 Å². The highest BCUT2D eigenvalue weighted by molar-refractivity contribution is 7.89. The molecule has 2 atom stereocenters. The average Bonchev–Trinajstić information content (AvgIpc) is 3.12. The van der Waals surface area contributed by atoms with Gasteiger partial charge in [0, 0.05) is 43.4 Å². The van der Waals surface area contributed by atoms with Crippen LogP contribution in [0.15, 0.2) is 17.1 Å². The number of fused-ring (bicyclic) bond motifs is 1. The smallest absolute Gasteiger partial charge is 0.255 e. The first-order chi connectivity index (χ1) is 15.6. The van der Waals surface area contributed by atoms with E-state index in [-0.39, 0.29) is 30.0 Å². The number of anilines is 1. The lowest BCUT2D eigenvalue weighted by Crippen LogP contribution is -2.44. The Morgan fingerprint density at radius 3 is 2.67 bits per heavy atom. The maximum Gasteiger partial charge on any atom is 0.255 e. The minimum Gasteiger partial charge on any atom is -0.388 e. The Balaban J connectivity index is 1.55. The van der Waals surface area contributed by atoms with Gasteiger partial charge in [-0.1, -0.05) is 0 Å². The number of hydrogen-bond donors (Lipinski definition) is 2. The third kappa shape index (κ3) is 4.91. The number of rotatable bonds is 7. The van der Waals surface area contributed by atoms with Crippen LogP contribution in [-0.4, -0.2) is 76.6 Å². The summed E-state index contributed by atoms with van der Waals surface area (Å²) in [5.41, 5.74) is -0.00940. The van der Waals surface area contributed by atoms with Crippen molar-refractivity contribution in [3.63, 3.8) is 0 Å². The zero-order valence-corrected chi connectivity index (χ0v) is 20.3. The summed E-state index contributed by atoms with van der Waals surface area (Å²) in [7, 11) is -1.83. The van der Waals surface area contributed by atoms with E-state index in [9.17, 15) is 18.3 Å². The van der Waals surface area contributed by atoms with Crippen LogP contribution in [0.5, 0.6) is 0 Å². The number of methoxy groups -OCH3 is 1. The number of nitrogens with one attached hydrogen (secondary N) is 1.